The maximum absolute atomic E-state index is 12.5. The molecule has 1 aromatic rings. The van der Waals surface area contributed by atoms with Gasteiger partial charge in [-0.15, -0.1) is 0 Å². The third-order valence-corrected chi connectivity index (χ3v) is 3.08. The van der Waals surface area contributed by atoms with Gasteiger partial charge in [-0.25, -0.2) is 22.5 Å². The Labute approximate surface area is 87.8 Å². The Balaban J connectivity index is 2.42. The van der Waals surface area contributed by atoms with Crippen LogP contribution in [-0.4, -0.2) is 32.7 Å². The zero-order valence-corrected chi connectivity index (χ0v) is 9.01. The SMILES string of the molecule is CNS(=O)(=O)CCNc1ccc(F)cn1. The van der Waals surface area contributed by atoms with Crippen molar-refractivity contribution in [1.29, 1.82) is 0 Å². The lowest BCUT2D eigenvalue weighted by Gasteiger charge is -2.05. The van der Waals surface area contributed by atoms with Gasteiger partial charge in [0.1, 0.15) is 11.6 Å². The second kappa shape index (κ2) is 5.04. The average molecular weight is 233 g/mol. The molecule has 0 saturated heterocycles. The van der Waals surface area contributed by atoms with Gasteiger partial charge in [0.15, 0.2) is 0 Å². The smallest absolute Gasteiger partial charge is 0.213 e. The molecule has 0 aliphatic rings. The number of pyridine rings is 1. The summed E-state index contributed by atoms with van der Waals surface area (Å²) >= 11 is 0. The van der Waals surface area contributed by atoms with Gasteiger partial charge in [-0.2, -0.15) is 0 Å². The van der Waals surface area contributed by atoms with Crippen molar-refractivity contribution in [3.8, 4) is 0 Å². The average Bonchev–Trinajstić information content (AvgIpc) is 2.21. The van der Waals surface area contributed by atoms with E-state index in [4.69, 9.17) is 0 Å². The number of sulfonamides is 1. The minimum absolute atomic E-state index is 0.0530. The largest absolute Gasteiger partial charge is 0.369 e. The summed E-state index contributed by atoms with van der Waals surface area (Å²) in [5, 5.41) is 2.77. The van der Waals surface area contributed by atoms with Crippen molar-refractivity contribution in [2.75, 3.05) is 24.7 Å². The van der Waals surface area contributed by atoms with E-state index in [1.165, 1.54) is 19.2 Å². The fourth-order valence-corrected chi connectivity index (χ4v) is 1.47. The number of halogens is 1. The van der Waals surface area contributed by atoms with Crippen LogP contribution in [0.25, 0.3) is 0 Å². The minimum atomic E-state index is -3.21. The summed E-state index contributed by atoms with van der Waals surface area (Å²) in [4.78, 5) is 3.72. The van der Waals surface area contributed by atoms with Gasteiger partial charge in [0.2, 0.25) is 10.0 Å². The molecule has 84 valence electrons. The Hall–Kier alpha value is -1.21. The normalized spacial score (nSPS) is 11.3. The predicted octanol–water partition coefficient (Wildman–Crippen LogP) is 0.182. The van der Waals surface area contributed by atoms with Crippen LogP contribution in [0.1, 0.15) is 0 Å². The van der Waals surface area contributed by atoms with Crippen molar-refractivity contribution < 1.29 is 12.8 Å². The van der Waals surface area contributed by atoms with Gasteiger partial charge >= 0.3 is 0 Å². The molecule has 5 nitrogen and oxygen atoms in total. The van der Waals surface area contributed by atoms with Crippen LogP contribution >= 0.6 is 0 Å². The first kappa shape index (κ1) is 11.9. The van der Waals surface area contributed by atoms with Gasteiger partial charge in [0, 0.05) is 6.54 Å². The lowest BCUT2D eigenvalue weighted by atomic mass is 10.4. The third-order valence-electron chi connectivity index (χ3n) is 1.72. The molecule has 7 heteroatoms. The highest BCUT2D eigenvalue weighted by atomic mass is 32.2. The van der Waals surface area contributed by atoms with E-state index < -0.39 is 15.8 Å². The Morgan fingerprint density at radius 1 is 1.47 bits per heavy atom. The van der Waals surface area contributed by atoms with Crippen molar-refractivity contribution in [3.05, 3.63) is 24.1 Å². The number of nitrogens with one attached hydrogen (secondary N) is 2. The molecule has 0 bridgehead atoms. The van der Waals surface area contributed by atoms with Gasteiger partial charge in [-0.1, -0.05) is 0 Å². The molecule has 1 rings (SSSR count). The number of hydrogen-bond acceptors (Lipinski definition) is 4. The molecule has 0 aliphatic carbocycles. The van der Waals surface area contributed by atoms with Crippen LogP contribution < -0.4 is 10.0 Å². The maximum Gasteiger partial charge on any atom is 0.213 e. The van der Waals surface area contributed by atoms with E-state index in [0.717, 1.165) is 6.20 Å². The van der Waals surface area contributed by atoms with E-state index in [1.807, 2.05) is 0 Å². The quantitative estimate of drug-likeness (QED) is 0.761. The summed E-state index contributed by atoms with van der Waals surface area (Å²) in [5.41, 5.74) is 0. The van der Waals surface area contributed by atoms with E-state index in [-0.39, 0.29) is 12.3 Å². The lowest BCUT2D eigenvalue weighted by molar-refractivity contribution is 0.588. The molecule has 0 amide bonds. The minimum Gasteiger partial charge on any atom is -0.369 e. The summed E-state index contributed by atoms with van der Waals surface area (Å²) in [5.74, 6) is -0.0335. The van der Waals surface area contributed by atoms with Crippen molar-refractivity contribution in [2.24, 2.45) is 0 Å². The first-order chi connectivity index (χ1) is 7.03. The summed E-state index contributed by atoms with van der Waals surface area (Å²) in [6.07, 6.45) is 1.06. The highest BCUT2D eigenvalue weighted by Gasteiger charge is 2.05. The molecule has 1 aromatic heterocycles. The fourth-order valence-electron chi connectivity index (χ4n) is 0.896. The molecule has 0 aromatic carbocycles. The molecule has 2 N–H and O–H groups in total. The monoisotopic (exact) mass is 233 g/mol. The molecule has 1 heterocycles. The van der Waals surface area contributed by atoms with Crippen LogP contribution in [0, 0.1) is 5.82 Å². The van der Waals surface area contributed by atoms with Crippen molar-refractivity contribution in [2.45, 2.75) is 0 Å². The van der Waals surface area contributed by atoms with E-state index >= 15 is 0 Å². The summed E-state index contributed by atoms with van der Waals surface area (Å²) in [6.45, 7) is 0.224. The first-order valence-corrected chi connectivity index (χ1v) is 5.95. The lowest BCUT2D eigenvalue weighted by Crippen LogP contribution is -2.26. The van der Waals surface area contributed by atoms with Gasteiger partial charge in [-0.05, 0) is 19.2 Å². The predicted molar refractivity (Wildman–Crippen MR) is 55.5 cm³/mol. The molecular formula is C8H12FN3O2S. The van der Waals surface area contributed by atoms with Crippen LogP contribution in [0.15, 0.2) is 18.3 Å². The number of nitrogens with zero attached hydrogens (tertiary/aromatic N) is 1. The molecule has 0 atom stereocenters. The van der Waals surface area contributed by atoms with Crippen LogP contribution in [0.4, 0.5) is 10.2 Å². The van der Waals surface area contributed by atoms with Gasteiger partial charge in [0.25, 0.3) is 0 Å². The maximum atomic E-state index is 12.5. The Morgan fingerprint density at radius 3 is 2.73 bits per heavy atom. The van der Waals surface area contributed by atoms with Crippen LogP contribution in [0.3, 0.4) is 0 Å². The molecule has 15 heavy (non-hydrogen) atoms. The molecule has 0 saturated carbocycles. The third kappa shape index (κ3) is 4.22. The van der Waals surface area contributed by atoms with Crippen molar-refractivity contribution in [3.63, 3.8) is 0 Å². The first-order valence-electron chi connectivity index (χ1n) is 4.30. The van der Waals surface area contributed by atoms with Crippen LogP contribution in [0.5, 0.6) is 0 Å². The highest BCUT2D eigenvalue weighted by Crippen LogP contribution is 2.02. The zero-order chi connectivity index (χ0) is 11.3. The second-order valence-corrected chi connectivity index (χ2v) is 4.86. The molecule has 0 aliphatic heterocycles. The number of aromatic nitrogens is 1. The summed E-state index contributed by atoms with van der Waals surface area (Å²) < 4.78 is 36.7. The number of anilines is 1. The Kier molecular flexibility index (Phi) is 3.98. The van der Waals surface area contributed by atoms with E-state index in [2.05, 4.69) is 15.0 Å². The fraction of sp³-hybridized carbons (Fsp3) is 0.375. The Bertz CT molecular complexity index is 404. The standard InChI is InChI=1S/C8H12FN3O2S/c1-10-15(13,14)5-4-11-8-3-2-7(9)6-12-8/h2-3,6,10H,4-5H2,1H3,(H,11,12). The molecule has 0 spiro atoms. The van der Waals surface area contributed by atoms with E-state index in [9.17, 15) is 12.8 Å². The van der Waals surface area contributed by atoms with Crippen molar-refractivity contribution in [1.82, 2.24) is 9.71 Å². The number of hydrogen-bond donors (Lipinski definition) is 2. The molecule has 0 radical (unpaired) electrons. The van der Waals surface area contributed by atoms with Gasteiger partial charge < -0.3 is 5.32 Å². The van der Waals surface area contributed by atoms with Crippen LogP contribution in [-0.2, 0) is 10.0 Å². The molecule has 0 unspecified atom stereocenters. The van der Waals surface area contributed by atoms with E-state index in [1.54, 1.807) is 0 Å². The van der Waals surface area contributed by atoms with E-state index in [0.29, 0.717) is 5.82 Å². The molecular weight excluding hydrogens is 221 g/mol. The van der Waals surface area contributed by atoms with Gasteiger partial charge in [0.05, 0.1) is 11.9 Å². The van der Waals surface area contributed by atoms with Crippen molar-refractivity contribution >= 4 is 15.8 Å². The Morgan fingerprint density at radius 2 is 2.20 bits per heavy atom. The zero-order valence-electron chi connectivity index (χ0n) is 8.20. The van der Waals surface area contributed by atoms with Gasteiger partial charge in [-0.3, -0.25) is 0 Å². The summed E-state index contributed by atoms with van der Waals surface area (Å²) in [6, 6.07) is 2.70. The highest BCUT2D eigenvalue weighted by molar-refractivity contribution is 7.89. The van der Waals surface area contributed by atoms with Crippen LogP contribution in [0.2, 0.25) is 0 Å². The topological polar surface area (TPSA) is 71.1 Å². The molecule has 0 fully saturated rings. The second-order valence-electron chi connectivity index (χ2n) is 2.81. The number of rotatable bonds is 5. The summed E-state index contributed by atoms with van der Waals surface area (Å²) in [7, 11) is -1.86.